The number of thiophene rings is 1. The molecule has 0 aliphatic heterocycles. The van der Waals surface area contributed by atoms with Gasteiger partial charge in [-0.1, -0.05) is 19.4 Å². The Hall–Kier alpha value is -2.28. The van der Waals surface area contributed by atoms with E-state index in [1.165, 1.54) is 11.1 Å². The van der Waals surface area contributed by atoms with E-state index in [0.717, 1.165) is 25.2 Å². The number of rotatable bonds is 6. The van der Waals surface area contributed by atoms with Crippen LogP contribution in [0.1, 0.15) is 30.5 Å². The molecule has 0 aliphatic carbocycles. The van der Waals surface area contributed by atoms with Gasteiger partial charge in [-0.2, -0.15) is 5.10 Å². The van der Waals surface area contributed by atoms with Gasteiger partial charge >= 0.3 is 0 Å². The van der Waals surface area contributed by atoms with Crippen molar-refractivity contribution >= 4 is 11.3 Å². The standard InChI is InChI=1S/C15H17N5OS/c1-2-3-6-20-15(12-9-17-14(21)10-16-12)18-13(19-20)8-11-5-4-7-22-11/h4-5,7,9-10H,2-3,6,8H2,1H3,(H,17,21). The van der Waals surface area contributed by atoms with Gasteiger partial charge in [-0.15, -0.1) is 11.3 Å². The molecule has 0 atom stereocenters. The monoisotopic (exact) mass is 315 g/mol. The Bertz CT molecular complexity index is 770. The van der Waals surface area contributed by atoms with E-state index in [4.69, 9.17) is 0 Å². The van der Waals surface area contributed by atoms with Crippen LogP contribution in [0.4, 0.5) is 0 Å². The second-order valence-electron chi connectivity index (χ2n) is 4.98. The van der Waals surface area contributed by atoms with Gasteiger partial charge in [0.25, 0.3) is 5.56 Å². The summed E-state index contributed by atoms with van der Waals surface area (Å²) in [5, 5.41) is 6.65. The zero-order valence-corrected chi connectivity index (χ0v) is 13.1. The minimum atomic E-state index is -0.220. The molecule has 3 aromatic heterocycles. The fourth-order valence-electron chi connectivity index (χ4n) is 2.15. The SMILES string of the molecule is CCCCn1nc(Cc2cccs2)nc1-c1c[nH]c(=O)cn1. The average Bonchev–Trinajstić information content (AvgIpc) is 3.16. The zero-order chi connectivity index (χ0) is 15.4. The van der Waals surface area contributed by atoms with Gasteiger partial charge in [0, 0.05) is 24.0 Å². The number of nitrogens with one attached hydrogen (secondary N) is 1. The highest BCUT2D eigenvalue weighted by Crippen LogP contribution is 2.17. The third-order valence-corrected chi connectivity index (χ3v) is 4.13. The lowest BCUT2D eigenvalue weighted by molar-refractivity contribution is 0.571. The van der Waals surface area contributed by atoms with E-state index >= 15 is 0 Å². The number of hydrogen-bond donors (Lipinski definition) is 1. The number of hydrogen-bond acceptors (Lipinski definition) is 5. The Labute approximate surface area is 131 Å². The van der Waals surface area contributed by atoms with Crippen LogP contribution in [0.3, 0.4) is 0 Å². The van der Waals surface area contributed by atoms with Crippen molar-refractivity contribution in [3.63, 3.8) is 0 Å². The van der Waals surface area contributed by atoms with Crippen LogP contribution >= 0.6 is 11.3 Å². The van der Waals surface area contributed by atoms with E-state index in [0.29, 0.717) is 17.9 Å². The predicted molar refractivity (Wildman–Crippen MR) is 85.9 cm³/mol. The number of nitrogens with zero attached hydrogens (tertiary/aromatic N) is 4. The fourth-order valence-corrected chi connectivity index (χ4v) is 2.85. The first-order valence-electron chi connectivity index (χ1n) is 7.27. The number of H-pyrrole nitrogens is 1. The highest BCUT2D eigenvalue weighted by Gasteiger charge is 2.13. The smallest absolute Gasteiger partial charge is 0.266 e. The van der Waals surface area contributed by atoms with Crippen LogP contribution in [0.25, 0.3) is 11.5 Å². The summed E-state index contributed by atoms with van der Waals surface area (Å²) in [6.07, 6.45) is 5.68. The molecule has 0 bridgehead atoms. The van der Waals surface area contributed by atoms with Gasteiger partial charge in [0.05, 0.1) is 6.20 Å². The molecular formula is C15H17N5OS. The molecule has 0 unspecified atom stereocenters. The molecule has 1 N–H and O–H groups in total. The lowest BCUT2D eigenvalue weighted by Gasteiger charge is -2.03. The normalized spacial score (nSPS) is 11.0. The Balaban J connectivity index is 1.93. The summed E-state index contributed by atoms with van der Waals surface area (Å²) in [5.74, 6) is 1.48. The quantitative estimate of drug-likeness (QED) is 0.758. The number of aromatic amines is 1. The van der Waals surface area contributed by atoms with E-state index in [2.05, 4.69) is 33.0 Å². The Morgan fingerprint density at radius 1 is 1.41 bits per heavy atom. The number of aromatic nitrogens is 5. The molecule has 0 spiro atoms. The summed E-state index contributed by atoms with van der Waals surface area (Å²) in [6.45, 7) is 2.94. The maximum atomic E-state index is 11.2. The number of aryl methyl sites for hydroxylation is 1. The summed E-state index contributed by atoms with van der Waals surface area (Å²) in [5.41, 5.74) is 0.419. The molecule has 3 aromatic rings. The maximum Gasteiger partial charge on any atom is 0.266 e. The molecule has 0 aliphatic rings. The summed E-state index contributed by atoms with van der Waals surface area (Å²) in [4.78, 5) is 23.8. The highest BCUT2D eigenvalue weighted by atomic mass is 32.1. The Kier molecular flexibility index (Phi) is 4.43. The number of unbranched alkanes of at least 4 members (excludes halogenated alkanes) is 1. The van der Waals surface area contributed by atoms with Crippen LogP contribution < -0.4 is 5.56 Å². The molecule has 0 saturated heterocycles. The summed E-state index contributed by atoms with van der Waals surface area (Å²) < 4.78 is 1.88. The molecule has 0 saturated carbocycles. The van der Waals surface area contributed by atoms with Crippen LogP contribution in [0.2, 0.25) is 0 Å². The molecule has 3 rings (SSSR count). The van der Waals surface area contributed by atoms with Crippen molar-refractivity contribution < 1.29 is 0 Å². The largest absolute Gasteiger partial charge is 0.325 e. The highest BCUT2D eigenvalue weighted by molar-refractivity contribution is 7.09. The third kappa shape index (κ3) is 3.30. The third-order valence-electron chi connectivity index (χ3n) is 3.25. The maximum absolute atomic E-state index is 11.2. The minimum absolute atomic E-state index is 0.220. The molecule has 3 heterocycles. The van der Waals surface area contributed by atoms with Crippen molar-refractivity contribution in [1.29, 1.82) is 0 Å². The van der Waals surface area contributed by atoms with Crippen LogP contribution in [0, 0.1) is 0 Å². The molecular weight excluding hydrogens is 298 g/mol. The van der Waals surface area contributed by atoms with E-state index in [1.54, 1.807) is 17.5 Å². The van der Waals surface area contributed by atoms with E-state index < -0.39 is 0 Å². The van der Waals surface area contributed by atoms with Crippen LogP contribution in [-0.4, -0.2) is 24.7 Å². The van der Waals surface area contributed by atoms with Gasteiger partial charge < -0.3 is 4.98 Å². The van der Waals surface area contributed by atoms with Crippen LogP contribution in [-0.2, 0) is 13.0 Å². The lowest BCUT2D eigenvalue weighted by Crippen LogP contribution is -2.08. The van der Waals surface area contributed by atoms with Crippen LogP contribution in [0.5, 0.6) is 0 Å². The van der Waals surface area contributed by atoms with Gasteiger partial charge in [0.2, 0.25) is 0 Å². The van der Waals surface area contributed by atoms with Gasteiger partial charge in [-0.05, 0) is 17.9 Å². The molecule has 0 aromatic carbocycles. The fraction of sp³-hybridized carbons (Fsp3) is 0.333. The summed E-state index contributed by atoms with van der Waals surface area (Å²) >= 11 is 1.70. The lowest BCUT2D eigenvalue weighted by atomic mass is 10.3. The molecule has 22 heavy (non-hydrogen) atoms. The molecule has 0 radical (unpaired) electrons. The first kappa shape index (κ1) is 14.6. The van der Waals surface area contributed by atoms with Crippen molar-refractivity contribution in [1.82, 2.24) is 24.7 Å². The molecule has 0 fully saturated rings. The van der Waals surface area contributed by atoms with E-state index in [-0.39, 0.29) is 5.56 Å². The van der Waals surface area contributed by atoms with E-state index in [9.17, 15) is 4.79 Å². The summed E-state index contributed by atoms with van der Waals surface area (Å²) in [6, 6.07) is 4.10. The van der Waals surface area contributed by atoms with Crippen molar-refractivity contribution in [2.75, 3.05) is 0 Å². The molecule has 114 valence electrons. The topological polar surface area (TPSA) is 76.5 Å². The van der Waals surface area contributed by atoms with Crippen LogP contribution in [0.15, 0.2) is 34.7 Å². The van der Waals surface area contributed by atoms with Crippen molar-refractivity contribution in [3.05, 3.63) is 51.0 Å². The average molecular weight is 315 g/mol. The summed E-state index contributed by atoms with van der Waals surface area (Å²) in [7, 11) is 0. The van der Waals surface area contributed by atoms with Crippen molar-refractivity contribution in [3.8, 4) is 11.5 Å². The van der Waals surface area contributed by atoms with Crippen molar-refractivity contribution in [2.24, 2.45) is 0 Å². The molecule has 0 amide bonds. The van der Waals surface area contributed by atoms with Gasteiger partial charge in [-0.3, -0.25) is 4.79 Å². The Morgan fingerprint density at radius 2 is 2.32 bits per heavy atom. The second kappa shape index (κ2) is 6.65. The molecule has 6 nitrogen and oxygen atoms in total. The second-order valence-corrected chi connectivity index (χ2v) is 6.01. The predicted octanol–water partition coefficient (Wildman–Crippen LogP) is 2.48. The van der Waals surface area contributed by atoms with Gasteiger partial charge in [0.15, 0.2) is 11.6 Å². The van der Waals surface area contributed by atoms with E-state index in [1.807, 2.05) is 16.1 Å². The first-order chi connectivity index (χ1) is 10.8. The van der Waals surface area contributed by atoms with Crippen molar-refractivity contribution in [2.45, 2.75) is 32.7 Å². The first-order valence-corrected chi connectivity index (χ1v) is 8.15. The van der Waals surface area contributed by atoms with Gasteiger partial charge in [0.1, 0.15) is 5.69 Å². The minimum Gasteiger partial charge on any atom is -0.325 e. The molecule has 7 heteroatoms. The Morgan fingerprint density at radius 3 is 3.00 bits per heavy atom. The van der Waals surface area contributed by atoms with Gasteiger partial charge in [-0.25, -0.2) is 14.6 Å². The zero-order valence-electron chi connectivity index (χ0n) is 12.3.